The van der Waals surface area contributed by atoms with Crippen molar-refractivity contribution in [1.82, 2.24) is 5.32 Å². The van der Waals surface area contributed by atoms with Gasteiger partial charge >= 0.3 is 11.9 Å². The summed E-state index contributed by atoms with van der Waals surface area (Å²) in [6.45, 7) is 0. The maximum atomic E-state index is 11.8. The van der Waals surface area contributed by atoms with E-state index in [-0.39, 0.29) is 5.56 Å². The summed E-state index contributed by atoms with van der Waals surface area (Å²) in [6.07, 6.45) is -0.677. The Morgan fingerprint density at radius 3 is 2.33 bits per heavy atom. The Morgan fingerprint density at radius 2 is 1.94 bits per heavy atom. The summed E-state index contributed by atoms with van der Waals surface area (Å²) in [5, 5.41) is 19.5. The molecule has 0 spiro atoms. The first-order valence-corrected chi connectivity index (χ1v) is 6.91. The van der Waals surface area contributed by atoms with Gasteiger partial charge in [0.15, 0.2) is 0 Å². The number of carboxylic acids is 2. The molecule has 9 heteroatoms. The van der Waals surface area contributed by atoms with E-state index in [0.717, 1.165) is 0 Å². The van der Waals surface area contributed by atoms with Crippen LogP contribution in [0.15, 0.2) is 13.6 Å². The SMILES string of the molecule is O=C(O)CC(NC(=O)c1cc(Br)sc1Br)C(=O)O. The molecule has 6 nitrogen and oxygen atoms in total. The van der Waals surface area contributed by atoms with Crippen molar-refractivity contribution in [2.75, 3.05) is 0 Å². The zero-order chi connectivity index (χ0) is 13.9. The van der Waals surface area contributed by atoms with Crippen LogP contribution in [0.5, 0.6) is 0 Å². The maximum Gasteiger partial charge on any atom is 0.326 e. The molecule has 0 radical (unpaired) electrons. The van der Waals surface area contributed by atoms with E-state index in [9.17, 15) is 14.4 Å². The van der Waals surface area contributed by atoms with Gasteiger partial charge in [-0.05, 0) is 37.9 Å². The summed E-state index contributed by atoms with van der Waals surface area (Å²) in [5.74, 6) is -3.33. The highest BCUT2D eigenvalue weighted by Gasteiger charge is 2.25. The van der Waals surface area contributed by atoms with Crippen LogP contribution in [0.4, 0.5) is 0 Å². The lowest BCUT2D eigenvalue weighted by molar-refractivity contribution is -0.145. The van der Waals surface area contributed by atoms with Crippen molar-refractivity contribution in [1.29, 1.82) is 0 Å². The van der Waals surface area contributed by atoms with Crippen LogP contribution in [-0.4, -0.2) is 34.1 Å². The lowest BCUT2D eigenvalue weighted by Gasteiger charge is -2.11. The molecule has 1 amide bonds. The number of nitrogens with one attached hydrogen (secondary N) is 1. The van der Waals surface area contributed by atoms with Crippen molar-refractivity contribution >= 4 is 61.0 Å². The van der Waals surface area contributed by atoms with Gasteiger partial charge in [0.2, 0.25) is 0 Å². The van der Waals surface area contributed by atoms with Gasteiger partial charge in [0, 0.05) is 0 Å². The number of carbonyl (C=O) groups excluding carboxylic acids is 1. The second kappa shape index (κ2) is 6.30. The molecular weight excluding hydrogens is 394 g/mol. The summed E-state index contributed by atoms with van der Waals surface area (Å²) in [6, 6.07) is 0.0598. The van der Waals surface area contributed by atoms with Gasteiger partial charge in [0.25, 0.3) is 5.91 Å². The zero-order valence-electron chi connectivity index (χ0n) is 8.65. The first kappa shape index (κ1) is 15.1. The van der Waals surface area contributed by atoms with Gasteiger partial charge in [-0.15, -0.1) is 11.3 Å². The van der Waals surface area contributed by atoms with E-state index in [0.29, 0.717) is 7.57 Å². The van der Waals surface area contributed by atoms with Crippen LogP contribution in [-0.2, 0) is 9.59 Å². The molecule has 0 aliphatic heterocycles. The molecule has 0 bridgehead atoms. The summed E-state index contributed by atoms with van der Waals surface area (Å²) < 4.78 is 1.23. The second-order valence-electron chi connectivity index (χ2n) is 3.20. The molecule has 1 heterocycles. The number of carboxylic acid groups (broad SMARTS) is 2. The molecule has 18 heavy (non-hydrogen) atoms. The normalized spacial score (nSPS) is 11.9. The largest absolute Gasteiger partial charge is 0.481 e. The number of hydrogen-bond donors (Lipinski definition) is 3. The van der Waals surface area contributed by atoms with Crippen LogP contribution in [0.2, 0.25) is 0 Å². The van der Waals surface area contributed by atoms with Crippen molar-refractivity contribution < 1.29 is 24.6 Å². The number of amides is 1. The zero-order valence-corrected chi connectivity index (χ0v) is 12.6. The molecule has 0 fully saturated rings. The van der Waals surface area contributed by atoms with Gasteiger partial charge in [-0.25, -0.2) is 4.79 Å². The number of hydrogen-bond acceptors (Lipinski definition) is 4. The van der Waals surface area contributed by atoms with Crippen LogP contribution in [0.25, 0.3) is 0 Å². The van der Waals surface area contributed by atoms with E-state index in [2.05, 4.69) is 37.2 Å². The molecule has 0 aromatic carbocycles. The fourth-order valence-corrected chi connectivity index (χ4v) is 3.90. The lowest BCUT2D eigenvalue weighted by atomic mass is 10.2. The lowest BCUT2D eigenvalue weighted by Crippen LogP contribution is -2.42. The molecule has 1 aromatic heterocycles. The van der Waals surface area contributed by atoms with Gasteiger partial charge in [-0.1, -0.05) is 0 Å². The molecule has 1 unspecified atom stereocenters. The third kappa shape index (κ3) is 4.07. The minimum atomic E-state index is -1.46. The molecule has 98 valence electrons. The monoisotopic (exact) mass is 399 g/mol. The van der Waals surface area contributed by atoms with Crippen LogP contribution < -0.4 is 5.32 Å². The highest BCUT2D eigenvalue weighted by molar-refractivity contribution is 9.12. The Balaban J connectivity index is 2.81. The van der Waals surface area contributed by atoms with Crippen LogP contribution in [0.1, 0.15) is 16.8 Å². The molecule has 0 aliphatic carbocycles. The van der Waals surface area contributed by atoms with Crippen LogP contribution in [0, 0.1) is 0 Å². The molecule has 1 aromatic rings. The third-order valence-electron chi connectivity index (χ3n) is 1.88. The van der Waals surface area contributed by atoms with Gasteiger partial charge < -0.3 is 15.5 Å². The Bertz CT molecular complexity index is 501. The highest BCUT2D eigenvalue weighted by Crippen LogP contribution is 2.31. The molecule has 1 atom stereocenters. The predicted octanol–water partition coefficient (Wildman–Crippen LogP) is 1.93. The van der Waals surface area contributed by atoms with Gasteiger partial charge in [-0.2, -0.15) is 0 Å². The standard InChI is InChI=1S/C9H7Br2NO5S/c10-5-1-3(7(11)18-5)8(15)12-4(9(16)17)2-6(13)14/h1,4H,2H2,(H,12,15)(H,13,14)(H,16,17). The van der Waals surface area contributed by atoms with Crippen molar-refractivity contribution in [2.24, 2.45) is 0 Å². The Morgan fingerprint density at radius 1 is 1.33 bits per heavy atom. The van der Waals surface area contributed by atoms with E-state index in [1.54, 1.807) is 0 Å². The molecule has 0 saturated heterocycles. The first-order chi connectivity index (χ1) is 8.31. The second-order valence-corrected chi connectivity index (χ2v) is 6.95. The summed E-state index contributed by atoms with van der Waals surface area (Å²) in [4.78, 5) is 33.0. The maximum absolute atomic E-state index is 11.8. The van der Waals surface area contributed by atoms with Gasteiger partial charge in [0.05, 0.1) is 19.6 Å². The highest BCUT2D eigenvalue weighted by atomic mass is 79.9. The number of thiophene rings is 1. The Kier molecular flexibility index (Phi) is 5.29. The van der Waals surface area contributed by atoms with Crippen molar-refractivity contribution in [3.8, 4) is 0 Å². The molecule has 0 saturated carbocycles. The molecule has 0 aliphatic rings. The number of carbonyl (C=O) groups is 3. The quantitative estimate of drug-likeness (QED) is 0.700. The average molecular weight is 401 g/mol. The molecular formula is C9H7Br2NO5S. The number of aliphatic carboxylic acids is 2. The third-order valence-corrected chi connectivity index (χ3v) is 4.22. The topological polar surface area (TPSA) is 104 Å². The minimum Gasteiger partial charge on any atom is -0.481 e. The van der Waals surface area contributed by atoms with E-state index in [1.165, 1.54) is 17.4 Å². The Hall–Kier alpha value is -0.930. The average Bonchev–Trinajstić information content (AvgIpc) is 2.56. The minimum absolute atomic E-state index is 0.253. The first-order valence-electron chi connectivity index (χ1n) is 4.51. The fourth-order valence-electron chi connectivity index (χ4n) is 1.11. The summed E-state index contributed by atoms with van der Waals surface area (Å²) in [5.41, 5.74) is 0.253. The number of halogens is 2. The van der Waals surface area contributed by atoms with Crippen LogP contribution in [0.3, 0.4) is 0 Å². The smallest absolute Gasteiger partial charge is 0.326 e. The summed E-state index contributed by atoms with van der Waals surface area (Å²) >= 11 is 7.60. The van der Waals surface area contributed by atoms with Gasteiger partial charge in [0.1, 0.15) is 6.04 Å². The van der Waals surface area contributed by atoms with E-state index in [4.69, 9.17) is 10.2 Å². The fraction of sp³-hybridized carbons (Fsp3) is 0.222. The Labute approximate surface area is 122 Å². The van der Waals surface area contributed by atoms with Gasteiger partial charge in [-0.3, -0.25) is 9.59 Å². The summed E-state index contributed by atoms with van der Waals surface area (Å²) in [7, 11) is 0. The van der Waals surface area contributed by atoms with Crippen molar-refractivity contribution in [3.63, 3.8) is 0 Å². The van der Waals surface area contributed by atoms with Crippen molar-refractivity contribution in [3.05, 3.63) is 19.2 Å². The molecule has 1 rings (SSSR count). The molecule has 3 N–H and O–H groups in total. The van der Waals surface area contributed by atoms with E-state index >= 15 is 0 Å². The van der Waals surface area contributed by atoms with Crippen molar-refractivity contribution in [2.45, 2.75) is 12.5 Å². The van der Waals surface area contributed by atoms with E-state index < -0.39 is 30.3 Å². The number of rotatable bonds is 5. The van der Waals surface area contributed by atoms with E-state index in [1.807, 2.05) is 0 Å². The van der Waals surface area contributed by atoms with Crippen LogP contribution >= 0.6 is 43.2 Å². The predicted molar refractivity (Wildman–Crippen MR) is 70.9 cm³/mol.